The summed E-state index contributed by atoms with van der Waals surface area (Å²) in [6.45, 7) is 0. The first-order chi connectivity index (χ1) is 7.61. The molecule has 0 spiro atoms. The molecule has 2 N–H and O–H groups in total. The number of aromatic nitrogens is 2. The lowest BCUT2D eigenvalue weighted by Crippen LogP contribution is -1.98. The van der Waals surface area contributed by atoms with Gasteiger partial charge in [-0.25, -0.2) is 0 Å². The molecule has 5 heteroatoms. The molecule has 0 radical (unpaired) electrons. The first kappa shape index (κ1) is 11.5. The first-order valence-corrected chi connectivity index (χ1v) is 6.76. The summed E-state index contributed by atoms with van der Waals surface area (Å²) < 4.78 is 2.73. The first-order valence-electron chi connectivity index (χ1n) is 4.74. The molecule has 0 unspecified atom stereocenters. The number of aryl methyl sites for hydroxylation is 1. The van der Waals surface area contributed by atoms with Crippen molar-refractivity contribution in [2.75, 3.05) is 12.0 Å². The molecular weight excluding hydrogens is 286 g/mol. The number of nitrogens with two attached hydrogens (primary N) is 1. The Kier molecular flexibility index (Phi) is 3.25. The zero-order valence-electron chi connectivity index (χ0n) is 9.07. The second-order valence-electron chi connectivity index (χ2n) is 3.45. The molecule has 2 aromatic rings. The van der Waals surface area contributed by atoms with Crippen molar-refractivity contribution in [2.24, 2.45) is 7.05 Å². The van der Waals surface area contributed by atoms with Crippen LogP contribution in [0, 0.1) is 0 Å². The predicted molar refractivity (Wildman–Crippen MR) is 72.5 cm³/mol. The van der Waals surface area contributed by atoms with Crippen molar-refractivity contribution in [3.05, 3.63) is 28.9 Å². The third-order valence-electron chi connectivity index (χ3n) is 2.40. The molecule has 0 saturated carbocycles. The minimum Gasteiger partial charge on any atom is -0.383 e. The fraction of sp³-hybridized carbons (Fsp3) is 0.182. The standard InChI is InChI=1S/C11H12BrN3S/c1-15-11(13)10(6-14-15)7-3-8(12)5-9(4-7)16-2/h3-6H,13H2,1-2H3. The van der Waals surface area contributed by atoms with E-state index in [1.165, 1.54) is 4.90 Å². The zero-order chi connectivity index (χ0) is 11.7. The molecule has 0 atom stereocenters. The Balaban J connectivity index is 2.55. The Hall–Kier alpha value is -0.940. The molecule has 0 aliphatic rings. The normalized spacial score (nSPS) is 10.7. The van der Waals surface area contributed by atoms with Gasteiger partial charge in [-0.2, -0.15) is 5.10 Å². The monoisotopic (exact) mass is 297 g/mol. The summed E-state index contributed by atoms with van der Waals surface area (Å²) in [6, 6.07) is 6.25. The van der Waals surface area contributed by atoms with E-state index in [4.69, 9.17) is 5.73 Å². The maximum Gasteiger partial charge on any atom is 0.129 e. The molecule has 1 heterocycles. The van der Waals surface area contributed by atoms with Crippen LogP contribution in [0.5, 0.6) is 0 Å². The van der Waals surface area contributed by atoms with E-state index < -0.39 is 0 Å². The summed E-state index contributed by atoms with van der Waals surface area (Å²) in [4.78, 5) is 1.20. The number of nitrogen functional groups attached to an aromatic ring is 1. The third-order valence-corrected chi connectivity index (χ3v) is 3.57. The molecule has 0 saturated heterocycles. The number of hydrogen-bond donors (Lipinski definition) is 1. The molecule has 0 aliphatic heterocycles. The highest BCUT2D eigenvalue weighted by atomic mass is 79.9. The van der Waals surface area contributed by atoms with E-state index in [2.05, 4.69) is 39.4 Å². The van der Waals surface area contributed by atoms with Crippen LogP contribution < -0.4 is 5.73 Å². The number of benzene rings is 1. The van der Waals surface area contributed by atoms with Crippen LogP contribution in [-0.4, -0.2) is 16.0 Å². The fourth-order valence-electron chi connectivity index (χ4n) is 1.51. The van der Waals surface area contributed by atoms with E-state index in [1.807, 2.05) is 13.1 Å². The van der Waals surface area contributed by atoms with Crippen LogP contribution >= 0.6 is 27.7 Å². The largest absolute Gasteiger partial charge is 0.383 e. The number of thioether (sulfide) groups is 1. The van der Waals surface area contributed by atoms with Gasteiger partial charge in [0.25, 0.3) is 0 Å². The average molecular weight is 298 g/mol. The van der Waals surface area contributed by atoms with Crippen LogP contribution in [0.25, 0.3) is 11.1 Å². The molecular formula is C11H12BrN3S. The maximum atomic E-state index is 5.95. The molecule has 0 amide bonds. The summed E-state index contributed by atoms with van der Waals surface area (Å²) in [5.41, 5.74) is 8.01. The van der Waals surface area contributed by atoms with Crippen LogP contribution in [0.4, 0.5) is 5.82 Å². The van der Waals surface area contributed by atoms with Gasteiger partial charge in [0.15, 0.2) is 0 Å². The van der Waals surface area contributed by atoms with Crippen molar-refractivity contribution in [3.8, 4) is 11.1 Å². The van der Waals surface area contributed by atoms with Gasteiger partial charge >= 0.3 is 0 Å². The maximum absolute atomic E-state index is 5.95. The van der Waals surface area contributed by atoms with Gasteiger partial charge in [0, 0.05) is 22.0 Å². The molecule has 2 rings (SSSR count). The molecule has 0 aliphatic carbocycles. The fourth-order valence-corrected chi connectivity index (χ4v) is 2.64. The molecule has 0 bridgehead atoms. The SMILES string of the molecule is CSc1cc(Br)cc(-c2cnn(C)c2N)c1. The van der Waals surface area contributed by atoms with Gasteiger partial charge in [0.05, 0.1) is 6.20 Å². The average Bonchev–Trinajstić information content (AvgIpc) is 2.59. The lowest BCUT2D eigenvalue weighted by atomic mass is 10.1. The van der Waals surface area contributed by atoms with Crippen LogP contribution in [0.15, 0.2) is 33.8 Å². The van der Waals surface area contributed by atoms with Crippen LogP contribution in [-0.2, 0) is 7.05 Å². The summed E-state index contributed by atoms with van der Waals surface area (Å²) in [5.74, 6) is 0.685. The Morgan fingerprint density at radius 3 is 2.69 bits per heavy atom. The number of rotatable bonds is 2. The molecule has 1 aromatic carbocycles. The molecule has 16 heavy (non-hydrogen) atoms. The predicted octanol–water partition coefficient (Wildman–Crippen LogP) is 3.15. The van der Waals surface area contributed by atoms with E-state index >= 15 is 0 Å². The Morgan fingerprint density at radius 1 is 1.38 bits per heavy atom. The van der Waals surface area contributed by atoms with Gasteiger partial charge in [0.2, 0.25) is 0 Å². The van der Waals surface area contributed by atoms with Crippen LogP contribution in [0.1, 0.15) is 0 Å². The molecule has 3 nitrogen and oxygen atoms in total. The van der Waals surface area contributed by atoms with Crippen molar-refractivity contribution < 1.29 is 0 Å². The van der Waals surface area contributed by atoms with Gasteiger partial charge in [-0.05, 0) is 30.0 Å². The van der Waals surface area contributed by atoms with Crippen LogP contribution in [0.3, 0.4) is 0 Å². The second kappa shape index (κ2) is 4.51. The van der Waals surface area contributed by atoms with Crippen molar-refractivity contribution in [1.82, 2.24) is 9.78 Å². The highest BCUT2D eigenvalue weighted by Crippen LogP contribution is 2.31. The smallest absolute Gasteiger partial charge is 0.129 e. The minimum absolute atomic E-state index is 0.685. The Labute approximate surface area is 107 Å². The van der Waals surface area contributed by atoms with Crippen molar-refractivity contribution in [1.29, 1.82) is 0 Å². The van der Waals surface area contributed by atoms with Crippen molar-refractivity contribution >= 4 is 33.5 Å². The Bertz CT molecular complexity index is 522. The number of anilines is 1. The highest BCUT2D eigenvalue weighted by Gasteiger charge is 2.08. The van der Waals surface area contributed by atoms with E-state index in [1.54, 1.807) is 22.6 Å². The molecule has 84 valence electrons. The van der Waals surface area contributed by atoms with Gasteiger partial charge in [-0.15, -0.1) is 11.8 Å². The molecule has 1 aromatic heterocycles. The topological polar surface area (TPSA) is 43.8 Å². The summed E-state index contributed by atoms with van der Waals surface area (Å²) in [6.07, 6.45) is 3.85. The van der Waals surface area contributed by atoms with E-state index in [9.17, 15) is 0 Å². The molecule has 0 fully saturated rings. The Morgan fingerprint density at radius 2 is 2.12 bits per heavy atom. The van der Waals surface area contributed by atoms with Gasteiger partial charge in [-0.1, -0.05) is 15.9 Å². The second-order valence-corrected chi connectivity index (χ2v) is 5.24. The third kappa shape index (κ3) is 2.10. The summed E-state index contributed by atoms with van der Waals surface area (Å²) >= 11 is 5.21. The number of nitrogens with zero attached hydrogens (tertiary/aromatic N) is 2. The zero-order valence-corrected chi connectivity index (χ0v) is 11.5. The van der Waals surface area contributed by atoms with Crippen molar-refractivity contribution in [2.45, 2.75) is 4.90 Å². The highest BCUT2D eigenvalue weighted by molar-refractivity contribution is 9.10. The minimum atomic E-state index is 0.685. The lowest BCUT2D eigenvalue weighted by Gasteiger charge is -2.04. The van der Waals surface area contributed by atoms with Crippen molar-refractivity contribution in [3.63, 3.8) is 0 Å². The van der Waals surface area contributed by atoms with Gasteiger partial charge in [0.1, 0.15) is 5.82 Å². The van der Waals surface area contributed by atoms with Gasteiger partial charge < -0.3 is 5.73 Å². The van der Waals surface area contributed by atoms with Gasteiger partial charge in [-0.3, -0.25) is 4.68 Å². The lowest BCUT2D eigenvalue weighted by molar-refractivity contribution is 0.779. The van der Waals surface area contributed by atoms with E-state index in [0.29, 0.717) is 5.82 Å². The summed E-state index contributed by atoms with van der Waals surface area (Å²) in [5, 5.41) is 4.15. The number of halogens is 1. The van der Waals surface area contributed by atoms with Crippen LogP contribution in [0.2, 0.25) is 0 Å². The van der Waals surface area contributed by atoms with E-state index in [-0.39, 0.29) is 0 Å². The van der Waals surface area contributed by atoms with E-state index in [0.717, 1.165) is 15.6 Å². The summed E-state index contributed by atoms with van der Waals surface area (Å²) in [7, 11) is 1.84. The quantitative estimate of drug-likeness (QED) is 0.866. The number of hydrogen-bond acceptors (Lipinski definition) is 3.